The summed E-state index contributed by atoms with van der Waals surface area (Å²) in [6, 6.07) is 6.96. The fraction of sp³-hybridized carbons (Fsp3) is 0.429. The standard InChI is InChI=1S/C14H21N3O2/c1-4-15-9-8-13(18)16-12-7-5-6-11(10-12)14(19)17(2)3/h5-7,10,15H,4,8-9H2,1-3H3,(H,16,18). The van der Waals surface area contributed by atoms with E-state index in [2.05, 4.69) is 10.6 Å². The number of carbonyl (C=O) groups excluding carboxylic acids is 2. The smallest absolute Gasteiger partial charge is 0.253 e. The molecule has 0 unspecified atom stereocenters. The van der Waals surface area contributed by atoms with Crippen LogP contribution in [0.25, 0.3) is 0 Å². The second-order valence-electron chi connectivity index (χ2n) is 4.43. The van der Waals surface area contributed by atoms with E-state index in [9.17, 15) is 9.59 Å². The monoisotopic (exact) mass is 263 g/mol. The van der Waals surface area contributed by atoms with Gasteiger partial charge in [-0.25, -0.2) is 0 Å². The van der Waals surface area contributed by atoms with Crippen molar-refractivity contribution in [1.82, 2.24) is 10.2 Å². The Balaban J connectivity index is 2.62. The van der Waals surface area contributed by atoms with Gasteiger partial charge in [0, 0.05) is 38.3 Å². The van der Waals surface area contributed by atoms with Crippen molar-refractivity contribution in [3.63, 3.8) is 0 Å². The molecule has 0 aliphatic heterocycles. The number of nitrogens with zero attached hydrogens (tertiary/aromatic N) is 1. The van der Waals surface area contributed by atoms with Gasteiger partial charge >= 0.3 is 0 Å². The predicted molar refractivity (Wildman–Crippen MR) is 76.2 cm³/mol. The minimum absolute atomic E-state index is 0.0598. The van der Waals surface area contributed by atoms with E-state index >= 15 is 0 Å². The highest BCUT2D eigenvalue weighted by Crippen LogP contribution is 2.12. The summed E-state index contributed by atoms with van der Waals surface area (Å²) in [6.45, 7) is 3.49. The Bertz CT molecular complexity index is 444. The molecule has 1 rings (SSSR count). The Kier molecular flexibility index (Phi) is 6.02. The molecule has 0 saturated carbocycles. The Morgan fingerprint density at radius 3 is 2.63 bits per heavy atom. The average molecular weight is 263 g/mol. The Labute approximate surface area is 114 Å². The van der Waals surface area contributed by atoms with Crippen LogP contribution >= 0.6 is 0 Å². The molecule has 2 N–H and O–H groups in total. The van der Waals surface area contributed by atoms with Crippen LogP contribution in [0.15, 0.2) is 24.3 Å². The lowest BCUT2D eigenvalue weighted by molar-refractivity contribution is -0.116. The van der Waals surface area contributed by atoms with Crippen LogP contribution in [-0.2, 0) is 4.79 Å². The van der Waals surface area contributed by atoms with E-state index in [1.54, 1.807) is 38.4 Å². The number of hydrogen-bond acceptors (Lipinski definition) is 3. The van der Waals surface area contributed by atoms with Crippen molar-refractivity contribution in [2.24, 2.45) is 0 Å². The number of nitrogens with one attached hydrogen (secondary N) is 2. The number of hydrogen-bond donors (Lipinski definition) is 2. The Morgan fingerprint density at radius 1 is 1.26 bits per heavy atom. The van der Waals surface area contributed by atoms with Gasteiger partial charge in [0.25, 0.3) is 5.91 Å². The molecule has 5 heteroatoms. The highest BCUT2D eigenvalue weighted by molar-refractivity contribution is 5.97. The summed E-state index contributed by atoms with van der Waals surface area (Å²) in [5.41, 5.74) is 1.21. The van der Waals surface area contributed by atoms with Gasteiger partial charge in [-0.3, -0.25) is 9.59 Å². The summed E-state index contributed by atoms with van der Waals surface area (Å²) < 4.78 is 0. The summed E-state index contributed by atoms with van der Waals surface area (Å²) in [4.78, 5) is 25.0. The molecular weight excluding hydrogens is 242 g/mol. The summed E-state index contributed by atoms with van der Waals surface area (Å²) in [6.07, 6.45) is 0.416. The first-order chi connectivity index (χ1) is 9.04. The van der Waals surface area contributed by atoms with Crippen molar-refractivity contribution >= 4 is 17.5 Å². The lowest BCUT2D eigenvalue weighted by Gasteiger charge is -2.11. The molecule has 0 atom stereocenters. The van der Waals surface area contributed by atoms with Crippen LogP contribution in [0.1, 0.15) is 23.7 Å². The quantitative estimate of drug-likeness (QED) is 0.761. The first-order valence-electron chi connectivity index (χ1n) is 6.37. The second kappa shape index (κ2) is 7.53. The van der Waals surface area contributed by atoms with E-state index in [0.717, 1.165) is 6.54 Å². The van der Waals surface area contributed by atoms with E-state index in [1.807, 2.05) is 6.92 Å². The van der Waals surface area contributed by atoms with Crippen LogP contribution in [0.2, 0.25) is 0 Å². The van der Waals surface area contributed by atoms with Crippen molar-refractivity contribution in [1.29, 1.82) is 0 Å². The van der Waals surface area contributed by atoms with Gasteiger partial charge in [0.05, 0.1) is 0 Å². The van der Waals surface area contributed by atoms with Gasteiger partial charge in [0.15, 0.2) is 0 Å². The fourth-order valence-corrected chi connectivity index (χ4v) is 1.59. The lowest BCUT2D eigenvalue weighted by Crippen LogP contribution is -2.23. The SMILES string of the molecule is CCNCCC(=O)Nc1cccc(C(=O)N(C)C)c1. The molecule has 0 aliphatic carbocycles. The lowest BCUT2D eigenvalue weighted by atomic mass is 10.2. The van der Waals surface area contributed by atoms with Crippen LogP contribution in [0.3, 0.4) is 0 Å². The maximum absolute atomic E-state index is 11.8. The van der Waals surface area contributed by atoms with Gasteiger partial charge in [0.2, 0.25) is 5.91 Å². The Morgan fingerprint density at radius 2 is 2.00 bits per heavy atom. The average Bonchev–Trinajstić information content (AvgIpc) is 2.38. The van der Waals surface area contributed by atoms with E-state index in [-0.39, 0.29) is 11.8 Å². The maximum Gasteiger partial charge on any atom is 0.253 e. The third-order valence-electron chi connectivity index (χ3n) is 2.58. The number of anilines is 1. The van der Waals surface area contributed by atoms with E-state index in [1.165, 1.54) is 4.90 Å². The molecule has 0 fully saturated rings. The van der Waals surface area contributed by atoms with Gasteiger partial charge in [-0.2, -0.15) is 0 Å². The molecule has 1 aromatic rings. The molecule has 0 aromatic heterocycles. The van der Waals surface area contributed by atoms with Crippen molar-refractivity contribution in [3.05, 3.63) is 29.8 Å². The molecule has 5 nitrogen and oxygen atoms in total. The number of carbonyl (C=O) groups is 2. The largest absolute Gasteiger partial charge is 0.345 e. The molecule has 0 heterocycles. The predicted octanol–water partition coefficient (Wildman–Crippen LogP) is 1.33. The van der Waals surface area contributed by atoms with Gasteiger partial charge in [-0.1, -0.05) is 13.0 Å². The molecule has 0 aliphatic rings. The first-order valence-corrected chi connectivity index (χ1v) is 6.37. The summed E-state index contributed by atoms with van der Waals surface area (Å²) in [7, 11) is 3.40. The third kappa shape index (κ3) is 5.09. The zero-order valence-corrected chi connectivity index (χ0v) is 11.7. The van der Waals surface area contributed by atoms with Crippen LogP contribution in [0.5, 0.6) is 0 Å². The minimum atomic E-state index is -0.0799. The summed E-state index contributed by atoms with van der Waals surface area (Å²) in [5.74, 6) is -0.140. The maximum atomic E-state index is 11.8. The topological polar surface area (TPSA) is 61.4 Å². The molecule has 104 valence electrons. The minimum Gasteiger partial charge on any atom is -0.345 e. The molecular formula is C14H21N3O2. The number of rotatable bonds is 6. The van der Waals surface area contributed by atoms with Crippen molar-refractivity contribution < 1.29 is 9.59 Å². The van der Waals surface area contributed by atoms with Gasteiger partial charge < -0.3 is 15.5 Å². The molecule has 1 aromatic carbocycles. The van der Waals surface area contributed by atoms with Crippen LogP contribution in [-0.4, -0.2) is 43.9 Å². The van der Waals surface area contributed by atoms with Crippen LogP contribution in [0.4, 0.5) is 5.69 Å². The highest BCUT2D eigenvalue weighted by Gasteiger charge is 2.09. The first kappa shape index (κ1) is 15.2. The zero-order valence-electron chi connectivity index (χ0n) is 11.7. The Hall–Kier alpha value is -1.88. The van der Waals surface area contributed by atoms with Crippen molar-refractivity contribution in [3.8, 4) is 0 Å². The third-order valence-corrected chi connectivity index (χ3v) is 2.58. The summed E-state index contributed by atoms with van der Waals surface area (Å²) >= 11 is 0. The molecule has 19 heavy (non-hydrogen) atoms. The number of benzene rings is 1. The second-order valence-corrected chi connectivity index (χ2v) is 4.43. The van der Waals surface area contributed by atoms with Crippen LogP contribution < -0.4 is 10.6 Å². The van der Waals surface area contributed by atoms with Gasteiger partial charge in [0.1, 0.15) is 0 Å². The van der Waals surface area contributed by atoms with Crippen molar-refractivity contribution in [2.45, 2.75) is 13.3 Å². The molecule has 0 radical (unpaired) electrons. The molecule has 2 amide bonds. The zero-order chi connectivity index (χ0) is 14.3. The normalized spacial score (nSPS) is 10.1. The molecule has 0 saturated heterocycles. The summed E-state index contributed by atoms with van der Waals surface area (Å²) in [5, 5.41) is 5.87. The molecule has 0 spiro atoms. The fourth-order valence-electron chi connectivity index (χ4n) is 1.59. The molecule has 0 bridgehead atoms. The van der Waals surface area contributed by atoms with Crippen LogP contribution in [0, 0.1) is 0 Å². The number of amides is 2. The van der Waals surface area contributed by atoms with Crippen molar-refractivity contribution in [2.75, 3.05) is 32.5 Å². The van der Waals surface area contributed by atoms with Gasteiger partial charge in [-0.05, 0) is 24.7 Å². The van der Waals surface area contributed by atoms with E-state index in [4.69, 9.17) is 0 Å². The van der Waals surface area contributed by atoms with E-state index < -0.39 is 0 Å². The van der Waals surface area contributed by atoms with Gasteiger partial charge in [-0.15, -0.1) is 0 Å². The van der Waals surface area contributed by atoms with E-state index in [0.29, 0.717) is 24.2 Å². The highest BCUT2D eigenvalue weighted by atomic mass is 16.2.